The predicted molar refractivity (Wildman–Crippen MR) is 124 cm³/mol. The molecule has 7 nitrogen and oxygen atoms in total. The number of hydrogen-bond acceptors (Lipinski definition) is 5. The third kappa shape index (κ3) is 4.00. The summed E-state index contributed by atoms with van der Waals surface area (Å²) in [5.41, 5.74) is -0.943. The highest BCUT2D eigenvalue weighted by Crippen LogP contribution is 2.46. The van der Waals surface area contributed by atoms with E-state index in [2.05, 4.69) is 15.6 Å². The Labute approximate surface area is 198 Å². The molecule has 2 heterocycles. The van der Waals surface area contributed by atoms with E-state index in [9.17, 15) is 10.1 Å². The van der Waals surface area contributed by atoms with Crippen molar-refractivity contribution in [3.05, 3.63) is 64.6 Å². The fourth-order valence-electron chi connectivity index (χ4n) is 3.76. The Morgan fingerprint density at radius 1 is 1.09 bits per heavy atom. The van der Waals surface area contributed by atoms with Gasteiger partial charge in [0.25, 0.3) is 0 Å². The smallest absolute Gasteiger partial charge is 0.334 e. The maximum atomic E-state index is 15.3. The summed E-state index contributed by atoms with van der Waals surface area (Å²) in [6.07, 6.45) is 1.27. The van der Waals surface area contributed by atoms with Crippen molar-refractivity contribution in [2.45, 2.75) is 0 Å². The number of halogens is 4. The molecule has 0 bridgehead atoms. The number of fused-ring (bicyclic) bond motifs is 3. The number of carbonyl (C=O) groups is 1. The van der Waals surface area contributed by atoms with Gasteiger partial charge in [-0.2, -0.15) is 5.26 Å². The number of likely N-dealkylation sites (N-methyl/N-ethyl adjacent to an activating group) is 1. The van der Waals surface area contributed by atoms with Crippen LogP contribution < -0.4 is 20.4 Å². The number of pyridine rings is 1. The lowest BCUT2D eigenvalue weighted by atomic mass is 10.0. The first-order valence-corrected chi connectivity index (χ1v) is 10.5. The number of aromatic nitrogens is 1. The first-order chi connectivity index (χ1) is 16.3. The van der Waals surface area contributed by atoms with Crippen molar-refractivity contribution >= 4 is 40.5 Å². The lowest BCUT2D eigenvalue weighted by Crippen LogP contribution is -2.39. The monoisotopic (exact) mass is 486 g/mol. The van der Waals surface area contributed by atoms with Crippen molar-refractivity contribution in [2.75, 3.05) is 42.3 Å². The fourth-order valence-corrected chi connectivity index (χ4v) is 3.91. The highest BCUT2D eigenvalue weighted by molar-refractivity contribution is 6.31. The van der Waals surface area contributed by atoms with Crippen LogP contribution in [0.2, 0.25) is 5.02 Å². The van der Waals surface area contributed by atoms with Gasteiger partial charge in [-0.05, 0) is 37.4 Å². The lowest BCUT2D eigenvalue weighted by Gasteiger charge is -2.27. The van der Waals surface area contributed by atoms with Gasteiger partial charge in [-0.25, -0.2) is 22.9 Å². The number of rotatable bonds is 5. The van der Waals surface area contributed by atoms with E-state index < -0.39 is 29.2 Å². The number of nitrogens with zero attached hydrogens (tertiary/aromatic N) is 4. The SMILES string of the molecule is CNCCNc1cc(F)c(N2C(=O)N(C)c3ncc(Cl)cc3-c3c(F)cc(C#N)cc32)c(F)c1. The van der Waals surface area contributed by atoms with Crippen LogP contribution in [0.1, 0.15) is 5.56 Å². The molecule has 1 aliphatic heterocycles. The Kier molecular flexibility index (Phi) is 6.32. The molecule has 0 saturated heterocycles. The Hall–Kier alpha value is -3.81. The maximum absolute atomic E-state index is 15.3. The van der Waals surface area contributed by atoms with Crippen molar-refractivity contribution in [3.8, 4) is 17.2 Å². The minimum absolute atomic E-state index is 0.0351. The molecule has 0 aliphatic carbocycles. The zero-order valence-corrected chi connectivity index (χ0v) is 18.8. The van der Waals surface area contributed by atoms with E-state index in [-0.39, 0.29) is 38.9 Å². The van der Waals surface area contributed by atoms with Crippen molar-refractivity contribution in [3.63, 3.8) is 0 Å². The second kappa shape index (κ2) is 9.21. The number of nitrogens with one attached hydrogen (secondary N) is 2. The molecule has 0 radical (unpaired) electrons. The summed E-state index contributed by atoms with van der Waals surface area (Å²) < 4.78 is 45.9. The first-order valence-electron chi connectivity index (χ1n) is 10.1. The third-order valence-corrected chi connectivity index (χ3v) is 5.49. The molecule has 3 aromatic rings. The normalized spacial score (nSPS) is 12.7. The van der Waals surface area contributed by atoms with Crippen molar-refractivity contribution in [2.24, 2.45) is 0 Å². The van der Waals surface area contributed by atoms with Crippen molar-refractivity contribution in [1.82, 2.24) is 10.3 Å². The van der Waals surface area contributed by atoms with Gasteiger partial charge in [-0.1, -0.05) is 11.6 Å². The second-order valence-electron chi connectivity index (χ2n) is 7.48. The van der Waals surface area contributed by atoms with Crippen LogP contribution in [0.4, 0.5) is 40.8 Å². The molecule has 0 unspecified atom stereocenters. The number of anilines is 4. The number of amides is 2. The van der Waals surface area contributed by atoms with Crippen LogP contribution in [0.25, 0.3) is 11.1 Å². The molecule has 1 aliphatic rings. The van der Waals surface area contributed by atoms with Gasteiger partial charge in [0, 0.05) is 43.1 Å². The maximum Gasteiger partial charge on any atom is 0.334 e. The molecule has 2 aromatic carbocycles. The zero-order valence-electron chi connectivity index (χ0n) is 18.1. The van der Waals surface area contributed by atoms with Crippen LogP contribution in [0, 0.1) is 28.8 Å². The van der Waals surface area contributed by atoms with Crippen LogP contribution in [-0.4, -0.2) is 38.2 Å². The number of carbonyl (C=O) groups excluding carboxylic acids is 1. The zero-order chi connectivity index (χ0) is 24.6. The molecule has 1 aromatic heterocycles. The Balaban J connectivity index is 1.98. The van der Waals surface area contributed by atoms with E-state index in [1.54, 1.807) is 13.1 Å². The van der Waals surface area contributed by atoms with E-state index in [0.29, 0.717) is 18.0 Å². The third-order valence-electron chi connectivity index (χ3n) is 5.28. The van der Waals surface area contributed by atoms with Gasteiger partial charge in [-0.3, -0.25) is 9.80 Å². The van der Waals surface area contributed by atoms with E-state index in [1.807, 2.05) is 0 Å². The van der Waals surface area contributed by atoms with Crippen LogP contribution >= 0.6 is 11.6 Å². The highest BCUT2D eigenvalue weighted by atomic mass is 35.5. The number of hydrogen-bond donors (Lipinski definition) is 2. The van der Waals surface area contributed by atoms with E-state index in [1.165, 1.54) is 25.4 Å². The minimum Gasteiger partial charge on any atom is -0.384 e. The molecule has 2 amide bonds. The number of benzene rings is 2. The molecule has 0 fully saturated rings. The Bertz CT molecular complexity index is 1320. The molecule has 0 spiro atoms. The molecule has 34 heavy (non-hydrogen) atoms. The van der Waals surface area contributed by atoms with E-state index in [0.717, 1.165) is 23.1 Å². The van der Waals surface area contributed by atoms with Gasteiger partial charge < -0.3 is 10.6 Å². The quantitative estimate of drug-likeness (QED) is 0.494. The van der Waals surface area contributed by atoms with Gasteiger partial charge in [-0.15, -0.1) is 0 Å². The average molecular weight is 487 g/mol. The van der Waals surface area contributed by atoms with Gasteiger partial charge in [0.15, 0.2) is 11.6 Å². The minimum atomic E-state index is -1.06. The average Bonchev–Trinajstić information content (AvgIpc) is 2.88. The van der Waals surface area contributed by atoms with Gasteiger partial charge in [0.05, 0.1) is 22.3 Å². The van der Waals surface area contributed by atoms with Crippen molar-refractivity contribution < 1.29 is 18.0 Å². The topological polar surface area (TPSA) is 84.3 Å². The number of urea groups is 1. The van der Waals surface area contributed by atoms with Crippen LogP contribution in [0.5, 0.6) is 0 Å². The molecular formula is C23H18ClF3N6O. The summed E-state index contributed by atoms with van der Waals surface area (Å²) >= 11 is 6.08. The summed E-state index contributed by atoms with van der Waals surface area (Å²) in [7, 11) is 3.08. The molecule has 4 rings (SSSR count). The lowest BCUT2D eigenvalue weighted by molar-refractivity contribution is 0.254. The summed E-state index contributed by atoms with van der Waals surface area (Å²) in [6.45, 7) is 0.958. The summed E-state index contributed by atoms with van der Waals surface area (Å²) in [4.78, 5) is 19.4. The molecule has 0 saturated carbocycles. The Morgan fingerprint density at radius 3 is 2.44 bits per heavy atom. The summed E-state index contributed by atoms with van der Waals surface area (Å²) in [6, 6.07) is 6.54. The van der Waals surface area contributed by atoms with Crippen LogP contribution in [-0.2, 0) is 0 Å². The highest BCUT2D eigenvalue weighted by Gasteiger charge is 2.36. The van der Waals surface area contributed by atoms with Gasteiger partial charge >= 0.3 is 6.03 Å². The van der Waals surface area contributed by atoms with E-state index >= 15 is 13.2 Å². The van der Waals surface area contributed by atoms with Crippen molar-refractivity contribution in [1.29, 1.82) is 5.26 Å². The summed E-state index contributed by atoms with van der Waals surface area (Å²) in [5, 5.41) is 15.3. The fraction of sp³-hybridized carbons (Fsp3) is 0.174. The molecular weight excluding hydrogens is 469 g/mol. The molecule has 2 N–H and O–H groups in total. The second-order valence-corrected chi connectivity index (χ2v) is 7.92. The first kappa shape index (κ1) is 23.4. The van der Waals surface area contributed by atoms with Crippen LogP contribution in [0.3, 0.4) is 0 Å². The molecule has 0 atom stereocenters. The van der Waals surface area contributed by atoms with Crippen LogP contribution in [0.15, 0.2) is 36.5 Å². The standard InChI is InChI=1S/C23H18ClF3N6O/c1-29-3-4-30-14-8-17(26)21(18(27)9-14)33-19-6-12(10-28)5-16(25)20(19)15-7-13(24)11-31-22(15)32(2)23(33)34/h5-9,11,29-30H,3-4H2,1-2H3. The predicted octanol–water partition coefficient (Wildman–Crippen LogP) is 5.03. The van der Waals surface area contributed by atoms with Gasteiger partial charge in [0.2, 0.25) is 0 Å². The Morgan fingerprint density at radius 2 is 1.79 bits per heavy atom. The summed E-state index contributed by atoms with van der Waals surface area (Å²) in [5.74, 6) is -2.95. The molecule has 174 valence electrons. The van der Waals surface area contributed by atoms with Gasteiger partial charge in [0.1, 0.15) is 17.3 Å². The number of nitriles is 1. The molecule has 11 heteroatoms. The largest absolute Gasteiger partial charge is 0.384 e. The van der Waals surface area contributed by atoms with E-state index in [4.69, 9.17) is 11.6 Å².